The van der Waals surface area contributed by atoms with Crippen molar-refractivity contribution < 1.29 is 19.4 Å². The second-order valence-electron chi connectivity index (χ2n) is 5.38. The van der Waals surface area contributed by atoms with Crippen molar-refractivity contribution >= 4 is 11.8 Å². The van der Waals surface area contributed by atoms with Crippen LogP contribution in [0.3, 0.4) is 0 Å². The number of hydrogen-bond acceptors (Lipinski definition) is 4. The quantitative estimate of drug-likeness (QED) is 0.699. The van der Waals surface area contributed by atoms with Crippen molar-refractivity contribution in [2.45, 2.75) is 56.3 Å². The number of morpholine rings is 1. The number of hydrogen-bond donors (Lipinski definition) is 1. The van der Waals surface area contributed by atoms with Gasteiger partial charge in [0.2, 0.25) is 0 Å². The van der Waals surface area contributed by atoms with E-state index in [2.05, 4.69) is 0 Å². The number of likely N-dealkylation sites (tertiary alicyclic amines) is 1. The van der Waals surface area contributed by atoms with Gasteiger partial charge in [0.15, 0.2) is 0 Å². The minimum atomic E-state index is -0.859. The molecule has 2 bridgehead atoms. The molecule has 94 valence electrons. The van der Waals surface area contributed by atoms with Crippen LogP contribution in [0.25, 0.3) is 0 Å². The summed E-state index contributed by atoms with van der Waals surface area (Å²) in [7, 11) is 0. The van der Waals surface area contributed by atoms with Crippen molar-refractivity contribution in [2.75, 3.05) is 6.54 Å². The molecule has 2 amide bonds. The minimum Gasteiger partial charge on any atom is -0.388 e. The number of carbonyl (C=O) groups excluding carboxylic acids is 2. The number of β-amino-alcohol motifs (C(OH)–C–C–N with tert-alkyl or cyclic N) is 1. The van der Waals surface area contributed by atoms with E-state index in [1.807, 2.05) is 0 Å². The first kappa shape index (κ1) is 11.2. The van der Waals surface area contributed by atoms with Gasteiger partial charge in [-0.05, 0) is 25.7 Å². The Hall–Kier alpha value is -0.940. The molecule has 3 fully saturated rings. The third-order valence-electron chi connectivity index (χ3n) is 4.09. The molecule has 0 radical (unpaired) electrons. The Kier molecular flexibility index (Phi) is 2.48. The van der Waals surface area contributed by atoms with E-state index in [4.69, 9.17) is 4.74 Å². The summed E-state index contributed by atoms with van der Waals surface area (Å²) in [6.07, 6.45) is 3.64. The summed E-state index contributed by atoms with van der Waals surface area (Å²) in [5.41, 5.74) is -0.859. The Morgan fingerprint density at radius 1 is 1.18 bits per heavy atom. The van der Waals surface area contributed by atoms with Crippen molar-refractivity contribution in [3.8, 4) is 0 Å². The summed E-state index contributed by atoms with van der Waals surface area (Å²) in [4.78, 5) is 25.2. The van der Waals surface area contributed by atoms with E-state index in [0.29, 0.717) is 25.7 Å². The van der Waals surface area contributed by atoms with Crippen molar-refractivity contribution in [1.82, 2.24) is 4.90 Å². The van der Waals surface area contributed by atoms with Crippen LogP contribution < -0.4 is 0 Å². The van der Waals surface area contributed by atoms with Gasteiger partial charge in [-0.25, -0.2) is 0 Å². The lowest BCUT2D eigenvalue weighted by Crippen LogP contribution is -2.56. The fourth-order valence-corrected chi connectivity index (χ4v) is 3.10. The molecule has 0 spiro atoms. The Bertz CT molecular complexity index is 340. The van der Waals surface area contributed by atoms with E-state index in [0.717, 1.165) is 12.8 Å². The van der Waals surface area contributed by atoms with E-state index in [9.17, 15) is 14.7 Å². The standard InChI is InChI=1S/C12H17NO4/c14-10-8-3-4-9(17-8)11(15)13(10)7-12(16)5-1-2-6-12/h8-9,16H,1-7H2. The SMILES string of the molecule is O=C1C2CCC(O2)C(=O)N1CC1(O)CCCC1. The zero-order valence-corrected chi connectivity index (χ0v) is 9.72. The molecule has 1 N–H and O–H groups in total. The van der Waals surface area contributed by atoms with E-state index < -0.39 is 17.8 Å². The number of aliphatic hydroxyl groups is 1. The summed E-state index contributed by atoms with van der Waals surface area (Å²) in [6, 6.07) is 0. The van der Waals surface area contributed by atoms with Gasteiger partial charge in [-0.1, -0.05) is 12.8 Å². The summed E-state index contributed by atoms with van der Waals surface area (Å²) in [6.45, 7) is 0.154. The third-order valence-corrected chi connectivity index (χ3v) is 4.09. The van der Waals surface area contributed by atoms with Gasteiger partial charge >= 0.3 is 0 Å². The Morgan fingerprint density at radius 2 is 1.71 bits per heavy atom. The highest BCUT2D eigenvalue weighted by molar-refractivity contribution is 6.02. The van der Waals surface area contributed by atoms with Crippen LogP contribution >= 0.6 is 0 Å². The number of ether oxygens (including phenoxy) is 1. The van der Waals surface area contributed by atoms with Crippen LogP contribution in [0, 0.1) is 0 Å². The highest BCUT2D eigenvalue weighted by Gasteiger charge is 2.48. The van der Waals surface area contributed by atoms with Gasteiger partial charge in [0.05, 0.1) is 12.1 Å². The van der Waals surface area contributed by atoms with Crippen molar-refractivity contribution in [1.29, 1.82) is 0 Å². The highest BCUT2D eigenvalue weighted by atomic mass is 16.5. The maximum Gasteiger partial charge on any atom is 0.258 e. The monoisotopic (exact) mass is 239 g/mol. The smallest absolute Gasteiger partial charge is 0.258 e. The number of nitrogens with zero attached hydrogens (tertiary/aromatic N) is 1. The van der Waals surface area contributed by atoms with E-state index in [-0.39, 0.29) is 18.4 Å². The molecule has 1 saturated carbocycles. The molecule has 0 aromatic carbocycles. The lowest BCUT2D eigenvalue weighted by atomic mass is 10.0. The Morgan fingerprint density at radius 3 is 2.24 bits per heavy atom. The van der Waals surface area contributed by atoms with Crippen LogP contribution in [0.5, 0.6) is 0 Å². The lowest BCUT2D eigenvalue weighted by Gasteiger charge is -2.35. The molecule has 5 nitrogen and oxygen atoms in total. The van der Waals surface area contributed by atoms with Gasteiger partial charge in [0.1, 0.15) is 12.2 Å². The van der Waals surface area contributed by atoms with Gasteiger partial charge < -0.3 is 9.84 Å². The second-order valence-corrected chi connectivity index (χ2v) is 5.38. The van der Waals surface area contributed by atoms with Gasteiger partial charge in [0, 0.05) is 0 Å². The topological polar surface area (TPSA) is 66.8 Å². The van der Waals surface area contributed by atoms with Crippen LogP contribution in [0.1, 0.15) is 38.5 Å². The predicted molar refractivity (Wildman–Crippen MR) is 58.0 cm³/mol. The number of imide groups is 1. The maximum atomic E-state index is 12.0. The molecule has 2 atom stereocenters. The van der Waals surface area contributed by atoms with Gasteiger partial charge in [-0.3, -0.25) is 14.5 Å². The van der Waals surface area contributed by atoms with Gasteiger partial charge in [-0.15, -0.1) is 0 Å². The molecule has 2 heterocycles. The molecule has 5 heteroatoms. The molecule has 1 aliphatic carbocycles. The maximum absolute atomic E-state index is 12.0. The highest BCUT2D eigenvalue weighted by Crippen LogP contribution is 2.34. The normalized spacial score (nSPS) is 35.7. The van der Waals surface area contributed by atoms with Crippen molar-refractivity contribution in [2.24, 2.45) is 0 Å². The summed E-state index contributed by atoms with van der Waals surface area (Å²) in [5, 5.41) is 10.3. The van der Waals surface area contributed by atoms with Crippen LogP contribution in [-0.4, -0.2) is 46.2 Å². The fraction of sp³-hybridized carbons (Fsp3) is 0.833. The van der Waals surface area contributed by atoms with Crippen molar-refractivity contribution in [3.05, 3.63) is 0 Å². The molecule has 3 aliphatic rings. The van der Waals surface area contributed by atoms with E-state index in [1.54, 1.807) is 0 Å². The Labute approximate surface area is 99.7 Å². The van der Waals surface area contributed by atoms with Crippen molar-refractivity contribution in [3.63, 3.8) is 0 Å². The number of rotatable bonds is 2. The van der Waals surface area contributed by atoms with Crippen LogP contribution in [-0.2, 0) is 14.3 Å². The average molecular weight is 239 g/mol. The molecule has 2 unspecified atom stereocenters. The first-order valence-electron chi connectivity index (χ1n) is 6.32. The molecule has 2 aliphatic heterocycles. The fourth-order valence-electron chi connectivity index (χ4n) is 3.10. The number of carbonyl (C=O) groups is 2. The predicted octanol–water partition coefficient (Wildman–Crippen LogP) is 0.208. The minimum absolute atomic E-state index is 0.154. The van der Waals surface area contributed by atoms with Crippen LogP contribution in [0.2, 0.25) is 0 Å². The summed E-state index contributed by atoms with van der Waals surface area (Å²) in [5.74, 6) is -0.520. The molecular formula is C12H17NO4. The largest absolute Gasteiger partial charge is 0.388 e. The number of amides is 2. The second kappa shape index (κ2) is 3.78. The molecule has 2 saturated heterocycles. The third kappa shape index (κ3) is 1.77. The summed E-state index contributed by atoms with van der Waals surface area (Å²) < 4.78 is 5.33. The first-order valence-corrected chi connectivity index (χ1v) is 6.32. The molecule has 17 heavy (non-hydrogen) atoms. The molecule has 0 aromatic heterocycles. The average Bonchev–Trinajstić information content (AvgIpc) is 2.90. The molecular weight excluding hydrogens is 222 g/mol. The van der Waals surface area contributed by atoms with E-state index >= 15 is 0 Å². The molecule has 0 aromatic rings. The zero-order chi connectivity index (χ0) is 12.0. The van der Waals surface area contributed by atoms with E-state index in [1.165, 1.54) is 4.90 Å². The van der Waals surface area contributed by atoms with Gasteiger partial charge in [0.25, 0.3) is 11.8 Å². The first-order chi connectivity index (χ1) is 8.09. The molecule has 3 rings (SSSR count). The summed E-state index contributed by atoms with van der Waals surface area (Å²) >= 11 is 0. The van der Waals surface area contributed by atoms with Gasteiger partial charge in [-0.2, -0.15) is 0 Å². The van der Waals surface area contributed by atoms with Crippen LogP contribution in [0.15, 0.2) is 0 Å². The van der Waals surface area contributed by atoms with Crippen LogP contribution in [0.4, 0.5) is 0 Å². The zero-order valence-electron chi connectivity index (χ0n) is 9.72. The number of fused-ring (bicyclic) bond motifs is 2. The lowest BCUT2D eigenvalue weighted by molar-refractivity contribution is -0.172. The Balaban J connectivity index is 1.77.